The number of nitrogens with one attached hydrogen (secondary N) is 1. The molecular formula is C22H32N2O4. The summed E-state index contributed by atoms with van der Waals surface area (Å²) < 4.78 is 10.6. The Balaban J connectivity index is 1.43. The summed E-state index contributed by atoms with van der Waals surface area (Å²) in [5, 5.41) is 2.98. The Morgan fingerprint density at radius 3 is 2.71 bits per heavy atom. The fourth-order valence-corrected chi connectivity index (χ4v) is 3.88. The highest BCUT2D eigenvalue weighted by Crippen LogP contribution is 2.47. The molecule has 1 aromatic carbocycles. The number of nitrogens with zero attached hydrogens (tertiary/aromatic N) is 1. The van der Waals surface area contributed by atoms with Crippen molar-refractivity contribution in [3.63, 3.8) is 0 Å². The molecule has 2 aliphatic rings. The van der Waals surface area contributed by atoms with Gasteiger partial charge < -0.3 is 19.7 Å². The Labute approximate surface area is 167 Å². The third kappa shape index (κ3) is 4.97. The summed E-state index contributed by atoms with van der Waals surface area (Å²) in [6.07, 6.45) is 5.49. The molecule has 0 radical (unpaired) electrons. The molecule has 2 fully saturated rings. The molecule has 0 bridgehead atoms. The minimum atomic E-state index is -0.101. The summed E-state index contributed by atoms with van der Waals surface area (Å²) in [4.78, 5) is 26.9. The smallest absolute Gasteiger partial charge is 0.228 e. The fourth-order valence-electron chi connectivity index (χ4n) is 3.88. The van der Waals surface area contributed by atoms with E-state index in [2.05, 4.69) is 12.2 Å². The Bertz CT molecular complexity index is 714. The zero-order valence-corrected chi connectivity index (χ0v) is 17.3. The van der Waals surface area contributed by atoms with Crippen LogP contribution in [0.15, 0.2) is 18.2 Å². The van der Waals surface area contributed by atoms with Gasteiger partial charge in [0.1, 0.15) is 11.5 Å². The summed E-state index contributed by atoms with van der Waals surface area (Å²) >= 11 is 0. The first-order valence-electron chi connectivity index (χ1n) is 10.2. The number of amides is 2. The van der Waals surface area contributed by atoms with Crippen molar-refractivity contribution in [1.29, 1.82) is 0 Å². The van der Waals surface area contributed by atoms with Crippen molar-refractivity contribution >= 4 is 11.8 Å². The monoisotopic (exact) mass is 388 g/mol. The van der Waals surface area contributed by atoms with Crippen LogP contribution in [0.4, 0.5) is 0 Å². The summed E-state index contributed by atoms with van der Waals surface area (Å²) in [7, 11) is 3.22. The molecule has 0 aromatic heterocycles. The van der Waals surface area contributed by atoms with Gasteiger partial charge in [0.25, 0.3) is 0 Å². The number of hydrogen-bond donors (Lipinski definition) is 1. The van der Waals surface area contributed by atoms with E-state index in [-0.39, 0.29) is 11.3 Å². The zero-order valence-electron chi connectivity index (χ0n) is 17.3. The molecule has 1 aliphatic carbocycles. The SMILES string of the molecule is COc1ccc(CNC(=O)CC[C@@H]2CCCN(C(=O)C3(C)CC3)C2)c(OC)c1. The normalized spacial score (nSPS) is 20.4. The van der Waals surface area contributed by atoms with E-state index >= 15 is 0 Å². The highest BCUT2D eigenvalue weighted by Gasteiger charge is 2.47. The van der Waals surface area contributed by atoms with Crippen molar-refractivity contribution in [2.75, 3.05) is 27.3 Å². The molecule has 1 aliphatic heterocycles. The van der Waals surface area contributed by atoms with Crippen molar-refractivity contribution in [1.82, 2.24) is 10.2 Å². The number of ether oxygens (including phenoxy) is 2. The van der Waals surface area contributed by atoms with Gasteiger partial charge in [-0.15, -0.1) is 0 Å². The van der Waals surface area contributed by atoms with Gasteiger partial charge in [0, 0.05) is 43.1 Å². The number of hydrogen-bond acceptors (Lipinski definition) is 4. The summed E-state index contributed by atoms with van der Waals surface area (Å²) in [6, 6.07) is 5.58. The number of carbonyl (C=O) groups excluding carboxylic acids is 2. The molecule has 3 rings (SSSR count). The summed E-state index contributed by atoms with van der Waals surface area (Å²) in [5.74, 6) is 2.20. The maximum Gasteiger partial charge on any atom is 0.228 e. The quantitative estimate of drug-likeness (QED) is 0.743. The van der Waals surface area contributed by atoms with E-state index < -0.39 is 0 Å². The molecule has 0 unspecified atom stereocenters. The lowest BCUT2D eigenvalue weighted by atomic mass is 9.92. The zero-order chi connectivity index (χ0) is 20.1. The largest absolute Gasteiger partial charge is 0.497 e. The van der Waals surface area contributed by atoms with Gasteiger partial charge in [-0.3, -0.25) is 9.59 Å². The molecule has 2 amide bonds. The van der Waals surface area contributed by atoms with E-state index in [9.17, 15) is 9.59 Å². The van der Waals surface area contributed by atoms with E-state index in [1.807, 2.05) is 23.1 Å². The number of likely N-dealkylation sites (tertiary alicyclic amines) is 1. The average molecular weight is 389 g/mol. The minimum absolute atomic E-state index is 0.0375. The predicted molar refractivity (Wildman–Crippen MR) is 107 cm³/mol. The van der Waals surface area contributed by atoms with Crippen LogP contribution in [0.25, 0.3) is 0 Å². The van der Waals surface area contributed by atoms with Gasteiger partial charge in [0.2, 0.25) is 11.8 Å². The summed E-state index contributed by atoms with van der Waals surface area (Å²) in [5.41, 5.74) is 0.820. The Morgan fingerprint density at radius 1 is 1.25 bits per heavy atom. The molecule has 28 heavy (non-hydrogen) atoms. The minimum Gasteiger partial charge on any atom is -0.497 e. The van der Waals surface area contributed by atoms with Gasteiger partial charge in [0.15, 0.2) is 0 Å². The van der Waals surface area contributed by atoms with Crippen molar-refractivity contribution < 1.29 is 19.1 Å². The van der Waals surface area contributed by atoms with Gasteiger partial charge in [-0.1, -0.05) is 6.92 Å². The third-order valence-electron chi connectivity index (χ3n) is 6.07. The molecule has 6 heteroatoms. The Morgan fingerprint density at radius 2 is 2.04 bits per heavy atom. The molecule has 1 heterocycles. The maximum atomic E-state index is 12.6. The van der Waals surface area contributed by atoms with Crippen LogP contribution in [0.2, 0.25) is 0 Å². The number of carbonyl (C=O) groups is 2. The van der Waals surface area contributed by atoms with Crippen molar-refractivity contribution in [3.8, 4) is 11.5 Å². The van der Waals surface area contributed by atoms with Crippen LogP contribution in [0.1, 0.15) is 51.0 Å². The lowest BCUT2D eigenvalue weighted by Gasteiger charge is -2.34. The molecule has 1 aromatic rings. The highest BCUT2D eigenvalue weighted by molar-refractivity contribution is 5.85. The lowest BCUT2D eigenvalue weighted by Crippen LogP contribution is -2.43. The van der Waals surface area contributed by atoms with Crippen LogP contribution in [0.5, 0.6) is 11.5 Å². The summed E-state index contributed by atoms with van der Waals surface area (Å²) in [6.45, 7) is 4.17. The van der Waals surface area contributed by atoms with Crippen molar-refractivity contribution in [3.05, 3.63) is 23.8 Å². The van der Waals surface area contributed by atoms with Crippen LogP contribution < -0.4 is 14.8 Å². The van der Waals surface area contributed by atoms with E-state index in [1.165, 1.54) is 0 Å². The first kappa shape index (κ1) is 20.5. The van der Waals surface area contributed by atoms with Crippen LogP contribution in [0.3, 0.4) is 0 Å². The van der Waals surface area contributed by atoms with E-state index in [0.717, 1.165) is 56.5 Å². The highest BCUT2D eigenvalue weighted by atomic mass is 16.5. The first-order chi connectivity index (χ1) is 13.4. The van der Waals surface area contributed by atoms with Crippen molar-refractivity contribution in [2.24, 2.45) is 11.3 Å². The third-order valence-corrected chi connectivity index (χ3v) is 6.07. The first-order valence-corrected chi connectivity index (χ1v) is 10.2. The van der Waals surface area contributed by atoms with Gasteiger partial charge >= 0.3 is 0 Å². The van der Waals surface area contributed by atoms with Gasteiger partial charge in [-0.05, 0) is 50.2 Å². The van der Waals surface area contributed by atoms with Gasteiger partial charge in [-0.25, -0.2) is 0 Å². The van der Waals surface area contributed by atoms with Gasteiger partial charge in [0.05, 0.1) is 14.2 Å². The lowest BCUT2D eigenvalue weighted by molar-refractivity contribution is -0.138. The molecule has 1 N–H and O–H groups in total. The van der Waals surface area contributed by atoms with Crippen LogP contribution in [-0.4, -0.2) is 44.0 Å². The number of methoxy groups -OCH3 is 2. The second-order valence-electron chi connectivity index (χ2n) is 8.31. The molecule has 6 nitrogen and oxygen atoms in total. The van der Waals surface area contributed by atoms with E-state index in [1.54, 1.807) is 14.2 Å². The Hall–Kier alpha value is -2.24. The van der Waals surface area contributed by atoms with Crippen molar-refractivity contribution in [2.45, 2.75) is 52.0 Å². The topological polar surface area (TPSA) is 67.9 Å². The van der Waals surface area contributed by atoms with Crippen LogP contribution >= 0.6 is 0 Å². The maximum absolute atomic E-state index is 12.6. The molecular weight excluding hydrogens is 356 g/mol. The number of rotatable bonds is 8. The van der Waals surface area contributed by atoms with E-state index in [0.29, 0.717) is 30.5 Å². The van der Waals surface area contributed by atoms with Gasteiger partial charge in [-0.2, -0.15) is 0 Å². The average Bonchev–Trinajstić information content (AvgIpc) is 3.48. The number of benzene rings is 1. The van der Waals surface area contributed by atoms with Crippen LogP contribution in [-0.2, 0) is 16.1 Å². The van der Waals surface area contributed by atoms with Crippen LogP contribution in [0, 0.1) is 11.3 Å². The predicted octanol–water partition coefficient (Wildman–Crippen LogP) is 3.14. The molecule has 1 saturated heterocycles. The molecule has 1 atom stereocenters. The molecule has 1 saturated carbocycles. The second-order valence-corrected chi connectivity index (χ2v) is 8.31. The second kappa shape index (κ2) is 8.84. The molecule has 0 spiro atoms. The number of piperidine rings is 1. The molecule has 154 valence electrons. The standard InChI is InChI=1S/C22H32N2O4/c1-22(10-11-22)21(26)24-12-4-5-16(15-24)6-9-20(25)23-14-17-7-8-18(27-2)13-19(17)28-3/h7-8,13,16H,4-6,9-12,14-15H2,1-3H3,(H,23,25)/t16-/m0/s1. The Kier molecular flexibility index (Phi) is 6.47. The fraction of sp³-hybridized carbons (Fsp3) is 0.636. The van der Waals surface area contributed by atoms with E-state index in [4.69, 9.17) is 9.47 Å².